The largest absolute Gasteiger partial charge is 0.496 e. The molecule has 0 atom stereocenters. The minimum absolute atomic E-state index is 0.183. The van der Waals surface area contributed by atoms with Gasteiger partial charge in [0.05, 0.1) is 12.9 Å². The second kappa shape index (κ2) is 4.37. The van der Waals surface area contributed by atoms with Crippen LogP contribution in [-0.2, 0) is 14.8 Å². The van der Waals surface area contributed by atoms with Gasteiger partial charge in [-0.15, -0.1) is 0 Å². The van der Waals surface area contributed by atoms with Gasteiger partial charge in [-0.1, -0.05) is 0 Å². The van der Waals surface area contributed by atoms with Gasteiger partial charge in [-0.05, 0) is 18.6 Å². The van der Waals surface area contributed by atoms with E-state index in [9.17, 15) is 12.8 Å². The maximum Gasteiger partial charge on any atom is 0.236 e. The van der Waals surface area contributed by atoms with E-state index < -0.39 is 14.9 Å². The number of benzene rings is 1. The number of hydrogen-bond acceptors (Lipinski definition) is 3. The smallest absolute Gasteiger partial charge is 0.236 e. The zero-order valence-electron chi connectivity index (χ0n) is 8.25. The molecular weight excluding hydrogens is 243 g/mol. The van der Waals surface area contributed by atoms with Crippen molar-refractivity contribution in [3.8, 4) is 5.75 Å². The van der Waals surface area contributed by atoms with Gasteiger partial charge < -0.3 is 4.74 Å². The lowest BCUT2D eigenvalue weighted by atomic mass is 10.1. The summed E-state index contributed by atoms with van der Waals surface area (Å²) in [5.74, 6) is -0.635. The first-order valence-corrected chi connectivity index (χ1v) is 6.56. The predicted octanol–water partition coefficient (Wildman–Crippen LogP) is 2.21. The van der Waals surface area contributed by atoms with E-state index in [1.807, 2.05) is 0 Å². The Morgan fingerprint density at radius 3 is 2.53 bits per heavy atom. The monoisotopic (exact) mass is 252 g/mol. The van der Waals surface area contributed by atoms with E-state index in [0.29, 0.717) is 11.1 Å². The molecule has 0 unspecified atom stereocenters. The summed E-state index contributed by atoms with van der Waals surface area (Å²) in [6, 6.07) is 2.56. The Kier molecular flexibility index (Phi) is 3.57. The fourth-order valence-electron chi connectivity index (χ4n) is 1.21. The van der Waals surface area contributed by atoms with E-state index in [1.54, 1.807) is 6.92 Å². The van der Waals surface area contributed by atoms with Crippen molar-refractivity contribution in [3.05, 3.63) is 29.1 Å². The molecule has 0 N–H and O–H groups in total. The van der Waals surface area contributed by atoms with Crippen molar-refractivity contribution in [3.63, 3.8) is 0 Å². The number of methoxy groups -OCH3 is 1. The molecule has 0 spiro atoms. The maximum absolute atomic E-state index is 13.1. The molecule has 0 bridgehead atoms. The molecule has 0 radical (unpaired) electrons. The van der Waals surface area contributed by atoms with E-state index in [4.69, 9.17) is 15.4 Å². The summed E-state index contributed by atoms with van der Waals surface area (Å²) >= 11 is 0. The first-order valence-electron chi connectivity index (χ1n) is 4.09. The van der Waals surface area contributed by atoms with E-state index in [-0.39, 0.29) is 11.5 Å². The molecule has 0 aromatic heterocycles. The van der Waals surface area contributed by atoms with Gasteiger partial charge in [-0.3, -0.25) is 0 Å². The van der Waals surface area contributed by atoms with Crippen LogP contribution in [0.15, 0.2) is 12.1 Å². The van der Waals surface area contributed by atoms with Crippen molar-refractivity contribution in [1.82, 2.24) is 0 Å². The number of halogens is 2. The molecule has 3 nitrogen and oxygen atoms in total. The fraction of sp³-hybridized carbons (Fsp3) is 0.333. The Morgan fingerprint density at radius 2 is 2.07 bits per heavy atom. The number of aryl methyl sites for hydroxylation is 1. The van der Waals surface area contributed by atoms with Gasteiger partial charge >= 0.3 is 0 Å². The molecule has 0 fully saturated rings. The molecule has 0 heterocycles. The second-order valence-electron chi connectivity index (χ2n) is 3.10. The molecule has 1 aromatic carbocycles. The van der Waals surface area contributed by atoms with Gasteiger partial charge in [0.1, 0.15) is 11.6 Å². The molecule has 0 amide bonds. The van der Waals surface area contributed by atoms with E-state index >= 15 is 0 Å². The molecule has 15 heavy (non-hydrogen) atoms. The number of rotatable bonds is 3. The molecular formula is C9H10ClFO3S. The van der Waals surface area contributed by atoms with Gasteiger partial charge in [0.25, 0.3) is 0 Å². The number of hydrogen-bond donors (Lipinski definition) is 0. The van der Waals surface area contributed by atoms with Crippen LogP contribution in [0, 0.1) is 12.7 Å². The van der Waals surface area contributed by atoms with Crippen molar-refractivity contribution in [1.29, 1.82) is 0 Å². The van der Waals surface area contributed by atoms with Gasteiger partial charge in [-0.25, -0.2) is 12.8 Å². The van der Waals surface area contributed by atoms with Gasteiger partial charge in [0.15, 0.2) is 0 Å². The zero-order valence-corrected chi connectivity index (χ0v) is 9.82. The lowest BCUT2D eigenvalue weighted by Gasteiger charge is -2.08. The first kappa shape index (κ1) is 12.3. The highest BCUT2D eigenvalue weighted by Gasteiger charge is 2.14. The van der Waals surface area contributed by atoms with Crippen LogP contribution in [0.3, 0.4) is 0 Å². The average molecular weight is 253 g/mol. The normalized spacial score (nSPS) is 11.5. The Bertz CT molecular complexity index is 470. The van der Waals surface area contributed by atoms with E-state index in [2.05, 4.69) is 0 Å². The Balaban J connectivity index is 3.22. The summed E-state index contributed by atoms with van der Waals surface area (Å²) in [4.78, 5) is 0. The lowest BCUT2D eigenvalue weighted by molar-refractivity contribution is 0.407. The molecule has 84 valence electrons. The molecule has 0 saturated heterocycles. The summed E-state index contributed by atoms with van der Waals surface area (Å²) in [5.41, 5.74) is 0.706. The Morgan fingerprint density at radius 1 is 1.47 bits per heavy atom. The van der Waals surface area contributed by atoms with Crippen LogP contribution in [0.5, 0.6) is 5.75 Å². The standard InChI is InChI=1S/C9H10ClFO3S/c1-6-3-7(5-15(10,12)13)9(14-2)4-8(6)11/h3-4H,5H2,1-2H3. The average Bonchev–Trinajstić information content (AvgIpc) is 2.08. The van der Waals surface area contributed by atoms with Crippen LogP contribution in [0.4, 0.5) is 4.39 Å². The first-order chi connectivity index (χ1) is 6.83. The SMILES string of the molecule is COc1cc(F)c(C)cc1CS(=O)(=O)Cl. The van der Waals surface area contributed by atoms with Crippen LogP contribution in [-0.4, -0.2) is 15.5 Å². The summed E-state index contributed by atoms with van der Waals surface area (Å²) in [6.07, 6.45) is 0. The van der Waals surface area contributed by atoms with Crippen LogP contribution >= 0.6 is 10.7 Å². The zero-order chi connectivity index (χ0) is 11.6. The van der Waals surface area contributed by atoms with Crippen molar-refractivity contribution in [2.24, 2.45) is 0 Å². The van der Waals surface area contributed by atoms with Crippen LogP contribution < -0.4 is 4.74 Å². The quantitative estimate of drug-likeness (QED) is 0.775. The van der Waals surface area contributed by atoms with Crippen molar-refractivity contribution >= 4 is 19.7 Å². The molecule has 0 aliphatic heterocycles. The third-order valence-corrected chi connectivity index (χ3v) is 2.87. The van der Waals surface area contributed by atoms with Gasteiger partial charge in [0.2, 0.25) is 9.05 Å². The molecule has 0 aliphatic rings. The highest BCUT2D eigenvalue weighted by atomic mass is 35.7. The van der Waals surface area contributed by atoms with Crippen molar-refractivity contribution in [2.45, 2.75) is 12.7 Å². The summed E-state index contributed by atoms with van der Waals surface area (Å²) in [7, 11) is 2.78. The third kappa shape index (κ3) is 3.35. The van der Waals surface area contributed by atoms with Gasteiger partial charge in [-0.2, -0.15) is 0 Å². The van der Waals surface area contributed by atoms with Crippen LogP contribution in [0.1, 0.15) is 11.1 Å². The second-order valence-corrected chi connectivity index (χ2v) is 5.87. The molecule has 6 heteroatoms. The molecule has 0 aliphatic carbocycles. The minimum atomic E-state index is -3.67. The third-order valence-electron chi connectivity index (χ3n) is 1.89. The van der Waals surface area contributed by atoms with Crippen LogP contribution in [0.25, 0.3) is 0 Å². The predicted molar refractivity (Wildman–Crippen MR) is 56.2 cm³/mol. The summed E-state index contributed by atoms with van der Waals surface area (Å²) in [6.45, 7) is 1.54. The van der Waals surface area contributed by atoms with Crippen molar-refractivity contribution in [2.75, 3.05) is 7.11 Å². The molecule has 1 aromatic rings. The molecule has 0 saturated carbocycles. The summed E-state index contributed by atoms with van der Waals surface area (Å²) < 4.78 is 39.7. The minimum Gasteiger partial charge on any atom is -0.496 e. The highest BCUT2D eigenvalue weighted by molar-refractivity contribution is 8.13. The topological polar surface area (TPSA) is 43.4 Å². The Labute approximate surface area is 92.2 Å². The van der Waals surface area contributed by atoms with E-state index in [0.717, 1.165) is 6.07 Å². The lowest BCUT2D eigenvalue weighted by Crippen LogP contribution is -2.00. The highest BCUT2D eigenvalue weighted by Crippen LogP contribution is 2.25. The number of ether oxygens (including phenoxy) is 1. The van der Waals surface area contributed by atoms with Crippen LogP contribution in [0.2, 0.25) is 0 Å². The maximum atomic E-state index is 13.1. The van der Waals surface area contributed by atoms with Gasteiger partial charge in [0, 0.05) is 22.3 Å². The summed E-state index contributed by atoms with van der Waals surface area (Å²) in [5, 5.41) is 0. The fourth-order valence-corrected chi connectivity index (χ4v) is 2.16. The Hall–Kier alpha value is -0.810. The van der Waals surface area contributed by atoms with E-state index in [1.165, 1.54) is 13.2 Å². The molecule has 1 rings (SSSR count). The van der Waals surface area contributed by atoms with Crippen molar-refractivity contribution < 1.29 is 17.5 Å².